The number of nitrogens with one attached hydrogen (secondary N) is 1. The number of furan rings is 1. The van der Waals surface area contributed by atoms with Crippen molar-refractivity contribution < 1.29 is 14.3 Å². The van der Waals surface area contributed by atoms with E-state index in [1.165, 1.54) is 32.1 Å². The molecule has 0 aliphatic heterocycles. The van der Waals surface area contributed by atoms with Crippen molar-refractivity contribution in [3.63, 3.8) is 0 Å². The molecular weight excluding hydrogens is 278 g/mol. The maximum atomic E-state index is 11.9. The molecule has 1 aliphatic rings. The summed E-state index contributed by atoms with van der Waals surface area (Å²) >= 11 is 0. The average molecular weight is 307 g/mol. The van der Waals surface area contributed by atoms with Gasteiger partial charge in [0, 0.05) is 18.5 Å². The largest absolute Gasteiger partial charge is 0.466 e. The molecule has 0 aromatic carbocycles. The number of amides is 1. The summed E-state index contributed by atoms with van der Waals surface area (Å²) in [4.78, 5) is 11.9. The summed E-state index contributed by atoms with van der Waals surface area (Å²) in [7, 11) is 0. The SMILES string of the molecule is Cc1cc(C(O)CCNC(=O)CCC2CCCCC2)c(C)o1. The highest BCUT2D eigenvalue weighted by molar-refractivity contribution is 5.75. The van der Waals surface area contributed by atoms with Crippen molar-refractivity contribution in [1.82, 2.24) is 5.32 Å². The quantitative estimate of drug-likeness (QED) is 0.805. The van der Waals surface area contributed by atoms with Gasteiger partial charge in [-0.2, -0.15) is 0 Å². The molecule has 1 unspecified atom stereocenters. The second-order valence-electron chi connectivity index (χ2n) is 6.57. The van der Waals surface area contributed by atoms with Gasteiger partial charge in [-0.3, -0.25) is 4.79 Å². The van der Waals surface area contributed by atoms with E-state index in [4.69, 9.17) is 4.42 Å². The topological polar surface area (TPSA) is 62.5 Å². The third kappa shape index (κ3) is 5.16. The normalized spacial score (nSPS) is 17.4. The van der Waals surface area contributed by atoms with Crippen LogP contribution in [0, 0.1) is 19.8 Å². The van der Waals surface area contributed by atoms with Crippen molar-refractivity contribution in [3.8, 4) is 0 Å². The molecule has 1 fully saturated rings. The number of hydrogen-bond acceptors (Lipinski definition) is 3. The van der Waals surface area contributed by atoms with Crippen molar-refractivity contribution in [2.75, 3.05) is 6.54 Å². The van der Waals surface area contributed by atoms with Gasteiger partial charge in [-0.15, -0.1) is 0 Å². The first-order chi connectivity index (χ1) is 10.6. The number of aryl methyl sites for hydroxylation is 2. The summed E-state index contributed by atoms with van der Waals surface area (Å²) in [5.74, 6) is 2.41. The highest BCUT2D eigenvalue weighted by atomic mass is 16.3. The standard InChI is InChI=1S/C18H29NO3/c1-13-12-16(14(2)22-13)17(20)10-11-19-18(21)9-8-15-6-4-3-5-7-15/h12,15,17,20H,3-11H2,1-2H3,(H,19,21). The number of carbonyl (C=O) groups is 1. The molecule has 0 spiro atoms. The van der Waals surface area contributed by atoms with Gasteiger partial charge in [-0.25, -0.2) is 0 Å². The van der Waals surface area contributed by atoms with E-state index in [9.17, 15) is 9.90 Å². The lowest BCUT2D eigenvalue weighted by Crippen LogP contribution is -2.26. The molecule has 4 nitrogen and oxygen atoms in total. The van der Waals surface area contributed by atoms with E-state index in [-0.39, 0.29) is 5.91 Å². The molecule has 2 rings (SSSR count). The molecule has 1 aromatic rings. The third-order valence-corrected chi connectivity index (χ3v) is 4.68. The molecule has 1 aliphatic carbocycles. The van der Waals surface area contributed by atoms with Crippen molar-refractivity contribution in [1.29, 1.82) is 0 Å². The minimum absolute atomic E-state index is 0.109. The predicted octanol–water partition coefficient (Wildman–Crippen LogP) is 3.80. The zero-order valence-electron chi connectivity index (χ0n) is 13.9. The van der Waals surface area contributed by atoms with Crippen LogP contribution in [0.3, 0.4) is 0 Å². The van der Waals surface area contributed by atoms with Gasteiger partial charge in [-0.1, -0.05) is 32.1 Å². The molecule has 1 amide bonds. The van der Waals surface area contributed by atoms with Gasteiger partial charge < -0.3 is 14.8 Å². The van der Waals surface area contributed by atoms with E-state index in [1.54, 1.807) is 0 Å². The van der Waals surface area contributed by atoms with Crippen molar-refractivity contribution in [3.05, 3.63) is 23.2 Å². The summed E-state index contributed by atoms with van der Waals surface area (Å²) in [5.41, 5.74) is 0.828. The summed E-state index contributed by atoms with van der Waals surface area (Å²) in [6, 6.07) is 1.87. The Morgan fingerprint density at radius 1 is 1.36 bits per heavy atom. The first kappa shape index (κ1) is 17.1. The molecule has 1 aromatic heterocycles. The van der Waals surface area contributed by atoms with Gasteiger partial charge in [0.05, 0.1) is 6.10 Å². The molecule has 4 heteroatoms. The Morgan fingerprint density at radius 2 is 2.09 bits per heavy atom. The first-order valence-corrected chi connectivity index (χ1v) is 8.58. The van der Waals surface area contributed by atoms with Crippen LogP contribution in [-0.2, 0) is 4.79 Å². The second kappa shape index (κ2) is 8.37. The maximum absolute atomic E-state index is 11.9. The fraction of sp³-hybridized carbons (Fsp3) is 0.722. The van der Waals surface area contributed by atoms with E-state index < -0.39 is 6.10 Å². The number of rotatable bonds is 7. The van der Waals surface area contributed by atoms with Gasteiger partial charge >= 0.3 is 0 Å². The van der Waals surface area contributed by atoms with Gasteiger partial charge in [0.1, 0.15) is 11.5 Å². The Hall–Kier alpha value is -1.29. The minimum Gasteiger partial charge on any atom is -0.466 e. The number of aliphatic hydroxyl groups is 1. The van der Waals surface area contributed by atoms with E-state index in [0.717, 1.165) is 29.4 Å². The molecule has 1 atom stereocenters. The lowest BCUT2D eigenvalue weighted by molar-refractivity contribution is -0.121. The summed E-state index contributed by atoms with van der Waals surface area (Å²) in [6.07, 6.45) is 8.14. The van der Waals surface area contributed by atoms with Gasteiger partial charge in [0.15, 0.2) is 0 Å². The Morgan fingerprint density at radius 3 is 2.73 bits per heavy atom. The number of aliphatic hydroxyl groups excluding tert-OH is 1. The van der Waals surface area contributed by atoms with E-state index >= 15 is 0 Å². The smallest absolute Gasteiger partial charge is 0.220 e. The van der Waals surface area contributed by atoms with E-state index in [1.807, 2.05) is 19.9 Å². The van der Waals surface area contributed by atoms with E-state index in [0.29, 0.717) is 19.4 Å². The Labute approximate surface area is 133 Å². The molecular formula is C18H29NO3. The average Bonchev–Trinajstić information content (AvgIpc) is 2.85. The van der Waals surface area contributed by atoms with Crippen LogP contribution in [-0.4, -0.2) is 17.6 Å². The molecule has 22 heavy (non-hydrogen) atoms. The fourth-order valence-corrected chi connectivity index (χ4v) is 3.38. The lowest BCUT2D eigenvalue weighted by atomic mass is 9.86. The maximum Gasteiger partial charge on any atom is 0.220 e. The Balaban J connectivity index is 1.63. The van der Waals surface area contributed by atoms with Crippen molar-refractivity contribution >= 4 is 5.91 Å². The highest BCUT2D eigenvalue weighted by Gasteiger charge is 2.16. The molecule has 0 radical (unpaired) electrons. The summed E-state index contributed by atoms with van der Waals surface area (Å²) in [6.45, 7) is 4.24. The van der Waals surface area contributed by atoms with Crippen molar-refractivity contribution in [2.45, 2.75) is 71.3 Å². The van der Waals surface area contributed by atoms with Crippen LogP contribution in [0.2, 0.25) is 0 Å². The van der Waals surface area contributed by atoms with Crippen LogP contribution < -0.4 is 5.32 Å². The molecule has 0 saturated heterocycles. The zero-order valence-corrected chi connectivity index (χ0v) is 13.9. The highest BCUT2D eigenvalue weighted by Crippen LogP contribution is 2.27. The molecule has 1 heterocycles. The van der Waals surface area contributed by atoms with Crippen LogP contribution in [0.15, 0.2) is 10.5 Å². The van der Waals surface area contributed by atoms with Crippen molar-refractivity contribution in [2.24, 2.45) is 5.92 Å². The van der Waals surface area contributed by atoms with Gasteiger partial charge in [-0.05, 0) is 38.7 Å². The minimum atomic E-state index is -0.573. The van der Waals surface area contributed by atoms with Crippen LogP contribution in [0.1, 0.15) is 74.6 Å². The van der Waals surface area contributed by atoms with Gasteiger partial charge in [0.2, 0.25) is 5.91 Å². The van der Waals surface area contributed by atoms with Gasteiger partial charge in [0.25, 0.3) is 0 Å². The zero-order chi connectivity index (χ0) is 15.9. The van der Waals surface area contributed by atoms with Crippen LogP contribution in [0.4, 0.5) is 0 Å². The second-order valence-corrected chi connectivity index (χ2v) is 6.57. The van der Waals surface area contributed by atoms with Crippen LogP contribution in [0.5, 0.6) is 0 Å². The first-order valence-electron chi connectivity index (χ1n) is 8.58. The predicted molar refractivity (Wildman–Crippen MR) is 86.6 cm³/mol. The number of carbonyl (C=O) groups excluding carboxylic acids is 1. The molecule has 0 bridgehead atoms. The molecule has 2 N–H and O–H groups in total. The molecule has 1 saturated carbocycles. The monoisotopic (exact) mass is 307 g/mol. The third-order valence-electron chi connectivity index (χ3n) is 4.68. The van der Waals surface area contributed by atoms with Crippen LogP contribution >= 0.6 is 0 Å². The lowest BCUT2D eigenvalue weighted by Gasteiger charge is -2.21. The fourth-order valence-electron chi connectivity index (χ4n) is 3.38. The van der Waals surface area contributed by atoms with Crippen LogP contribution in [0.25, 0.3) is 0 Å². The Bertz CT molecular complexity index is 475. The summed E-state index contributed by atoms with van der Waals surface area (Å²) in [5, 5.41) is 13.1. The summed E-state index contributed by atoms with van der Waals surface area (Å²) < 4.78 is 5.42. The Kier molecular flexibility index (Phi) is 6.49. The molecule has 124 valence electrons. The van der Waals surface area contributed by atoms with E-state index in [2.05, 4.69) is 5.32 Å². The number of hydrogen-bond donors (Lipinski definition) is 2.